The molecule has 0 radical (unpaired) electrons. The highest BCUT2D eigenvalue weighted by atomic mass is 35.5. The molecular formula is C12H10Cl2O2. The Bertz CT molecular complexity index is 434. The van der Waals surface area contributed by atoms with Crippen molar-refractivity contribution in [2.45, 2.75) is 19.3 Å². The topological polar surface area (TPSA) is 34.1 Å². The number of halogens is 2. The van der Waals surface area contributed by atoms with E-state index in [1.54, 1.807) is 18.2 Å². The molecule has 2 nitrogen and oxygen atoms in total. The smallest absolute Gasteiger partial charge is 0.166 e. The van der Waals surface area contributed by atoms with Gasteiger partial charge in [0.2, 0.25) is 0 Å². The molecule has 0 aliphatic heterocycles. The molecule has 0 saturated heterocycles. The third-order valence-electron chi connectivity index (χ3n) is 2.76. The van der Waals surface area contributed by atoms with Crippen LogP contribution in [0.3, 0.4) is 0 Å². The van der Waals surface area contributed by atoms with E-state index in [1.807, 2.05) is 0 Å². The Labute approximate surface area is 104 Å². The highest BCUT2D eigenvalue weighted by Crippen LogP contribution is 2.28. The first-order chi connectivity index (χ1) is 7.56. The number of rotatable bonds is 2. The second-order valence-corrected chi connectivity index (χ2v) is 4.87. The van der Waals surface area contributed by atoms with Crippen LogP contribution in [0.25, 0.3) is 0 Å². The fourth-order valence-corrected chi connectivity index (χ4v) is 2.50. The van der Waals surface area contributed by atoms with Crippen molar-refractivity contribution in [3.05, 3.63) is 33.8 Å². The number of benzene rings is 1. The second kappa shape index (κ2) is 4.56. The monoisotopic (exact) mass is 256 g/mol. The van der Waals surface area contributed by atoms with Gasteiger partial charge in [-0.25, -0.2) is 0 Å². The van der Waals surface area contributed by atoms with Crippen LogP contribution in [0.5, 0.6) is 0 Å². The van der Waals surface area contributed by atoms with Crippen LogP contribution >= 0.6 is 23.2 Å². The lowest BCUT2D eigenvalue weighted by Gasteiger charge is -2.07. The fourth-order valence-electron chi connectivity index (χ4n) is 1.97. The number of ketones is 2. The largest absolute Gasteiger partial charge is 0.300 e. The number of carbonyl (C=O) groups is 2. The Hall–Kier alpha value is -0.860. The number of carbonyl (C=O) groups excluding carboxylic acids is 2. The van der Waals surface area contributed by atoms with E-state index in [4.69, 9.17) is 23.2 Å². The van der Waals surface area contributed by atoms with Crippen molar-refractivity contribution >= 4 is 34.8 Å². The minimum atomic E-state index is -0.193. The van der Waals surface area contributed by atoms with Gasteiger partial charge in [0.1, 0.15) is 5.78 Å². The van der Waals surface area contributed by atoms with Crippen molar-refractivity contribution in [2.24, 2.45) is 5.92 Å². The van der Waals surface area contributed by atoms with Crippen LogP contribution in [0, 0.1) is 5.92 Å². The van der Waals surface area contributed by atoms with Crippen molar-refractivity contribution in [1.82, 2.24) is 0 Å². The van der Waals surface area contributed by atoms with Gasteiger partial charge in [0.15, 0.2) is 5.78 Å². The zero-order valence-corrected chi connectivity index (χ0v) is 10.0. The second-order valence-electron chi connectivity index (χ2n) is 4.00. The summed E-state index contributed by atoms with van der Waals surface area (Å²) in [6.07, 6.45) is 1.50. The summed E-state index contributed by atoms with van der Waals surface area (Å²) < 4.78 is 0. The van der Waals surface area contributed by atoms with Gasteiger partial charge in [-0.05, 0) is 24.6 Å². The van der Waals surface area contributed by atoms with Gasteiger partial charge in [-0.1, -0.05) is 23.2 Å². The van der Waals surface area contributed by atoms with Crippen LogP contribution in [0.4, 0.5) is 0 Å². The molecule has 0 N–H and O–H groups in total. The van der Waals surface area contributed by atoms with Crippen LogP contribution in [-0.4, -0.2) is 11.6 Å². The lowest BCUT2D eigenvalue weighted by molar-refractivity contribution is -0.117. The fraction of sp³-hybridized carbons (Fsp3) is 0.333. The van der Waals surface area contributed by atoms with Crippen molar-refractivity contribution in [2.75, 3.05) is 0 Å². The summed E-state index contributed by atoms with van der Waals surface area (Å²) in [7, 11) is 0. The molecule has 4 heteroatoms. The number of hydrogen-bond donors (Lipinski definition) is 0. The van der Waals surface area contributed by atoms with Crippen molar-refractivity contribution < 1.29 is 9.59 Å². The van der Waals surface area contributed by atoms with Gasteiger partial charge in [-0.3, -0.25) is 9.59 Å². The summed E-state index contributed by atoms with van der Waals surface area (Å²) >= 11 is 11.7. The standard InChI is InChI=1S/C12H10Cl2O2/c13-9-3-8(4-10(14)6-9)12(16)7-1-2-11(15)5-7/h3-4,6-7H,1-2,5H2. The third-order valence-corrected chi connectivity index (χ3v) is 3.20. The highest BCUT2D eigenvalue weighted by molar-refractivity contribution is 6.35. The van der Waals surface area contributed by atoms with Crippen LogP contribution in [0.15, 0.2) is 18.2 Å². The van der Waals surface area contributed by atoms with E-state index in [0.29, 0.717) is 34.9 Å². The molecule has 16 heavy (non-hydrogen) atoms. The summed E-state index contributed by atoms with van der Waals surface area (Å²) in [5.74, 6) is -0.0660. The number of Topliss-reactive ketones (excluding diaryl/α,β-unsaturated/α-hetero) is 2. The maximum Gasteiger partial charge on any atom is 0.166 e. The maximum absolute atomic E-state index is 12.0. The molecule has 84 valence electrons. The molecule has 1 unspecified atom stereocenters. The van der Waals surface area contributed by atoms with Crippen molar-refractivity contribution in [3.63, 3.8) is 0 Å². The molecule has 1 saturated carbocycles. The summed E-state index contributed by atoms with van der Waals surface area (Å²) in [5, 5.41) is 0.889. The number of hydrogen-bond acceptors (Lipinski definition) is 2. The first-order valence-corrected chi connectivity index (χ1v) is 5.84. The summed E-state index contributed by atoms with van der Waals surface area (Å²) in [6.45, 7) is 0. The van der Waals surface area contributed by atoms with Crippen molar-refractivity contribution in [1.29, 1.82) is 0 Å². The van der Waals surface area contributed by atoms with Crippen LogP contribution in [-0.2, 0) is 4.79 Å². The molecule has 0 spiro atoms. The molecule has 1 aliphatic carbocycles. The summed E-state index contributed by atoms with van der Waals surface area (Å²) in [5.41, 5.74) is 0.497. The zero-order chi connectivity index (χ0) is 11.7. The predicted octanol–water partition coefficient (Wildman–Crippen LogP) is 3.55. The van der Waals surface area contributed by atoms with E-state index in [1.165, 1.54) is 0 Å². The summed E-state index contributed by atoms with van der Waals surface area (Å²) in [4.78, 5) is 23.1. The molecule has 1 atom stereocenters. The van der Waals surface area contributed by atoms with E-state index in [2.05, 4.69) is 0 Å². The third kappa shape index (κ3) is 2.45. The van der Waals surface area contributed by atoms with Crippen LogP contribution < -0.4 is 0 Å². The predicted molar refractivity (Wildman–Crippen MR) is 63.1 cm³/mol. The molecule has 1 fully saturated rings. The van der Waals surface area contributed by atoms with E-state index in [0.717, 1.165) is 0 Å². The SMILES string of the molecule is O=C1CCC(C(=O)c2cc(Cl)cc(Cl)c2)C1. The lowest BCUT2D eigenvalue weighted by atomic mass is 9.96. The lowest BCUT2D eigenvalue weighted by Crippen LogP contribution is -2.11. The average Bonchev–Trinajstić information content (AvgIpc) is 2.62. The Morgan fingerprint density at radius 1 is 1.19 bits per heavy atom. The molecule has 0 aromatic heterocycles. The molecule has 0 heterocycles. The highest BCUT2D eigenvalue weighted by Gasteiger charge is 2.29. The van der Waals surface area contributed by atoms with Gasteiger partial charge < -0.3 is 0 Å². The Kier molecular flexibility index (Phi) is 3.31. The zero-order valence-electron chi connectivity index (χ0n) is 8.50. The molecule has 1 aromatic rings. The molecule has 0 amide bonds. The van der Waals surface area contributed by atoms with Gasteiger partial charge in [0, 0.05) is 34.4 Å². The normalized spacial score (nSPS) is 20.1. The van der Waals surface area contributed by atoms with E-state index >= 15 is 0 Å². The van der Waals surface area contributed by atoms with E-state index in [9.17, 15) is 9.59 Å². The quantitative estimate of drug-likeness (QED) is 0.759. The average molecular weight is 257 g/mol. The Morgan fingerprint density at radius 2 is 1.81 bits per heavy atom. The van der Waals surface area contributed by atoms with E-state index < -0.39 is 0 Å². The van der Waals surface area contributed by atoms with Crippen molar-refractivity contribution in [3.8, 4) is 0 Å². The first kappa shape index (κ1) is 11.6. The molecule has 1 aromatic carbocycles. The van der Waals surface area contributed by atoms with Gasteiger partial charge in [-0.2, -0.15) is 0 Å². The maximum atomic E-state index is 12.0. The van der Waals surface area contributed by atoms with Gasteiger partial charge in [-0.15, -0.1) is 0 Å². The minimum Gasteiger partial charge on any atom is -0.300 e. The van der Waals surface area contributed by atoms with Gasteiger partial charge in [0.05, 0.1) is 0 Å². The molecule has 1 aliphatic rings. The molecular weight excluding hydrogens is 247 g/mol. The summed E-state index contributed by atoms with van der Waals surface area (Å²) in [6, 6.07) is 4.77. The Morgan fingerprint density at radius 3 is 2.31 bits per heavy atom. The Balaban J connectivity index is 2.23. The minimum absolute atomic E-state index is 0.0322. The van der Waals surface area contributed by atoms with E-state index in [-0.39, 0.29) is 17.5 Å². The van der Waals surface area contributed by atoms with Gasteiger partial charge in [0.25, 0.3) is 0 Å². The first-order valence-electron chi connectivity index (χ1n) is 5.08. The molecule has 0 bridgehead atoms. The van der Waals surface area contributed by atoms with Gasteiger partial charge >= 0.3 is 0 Å². The van der Waals surface area contributed by atoms with Crippen LogP contribution in [0.1, 0.15) is 29.6 Å². The molecule has 2 rings (SSSR count). The van der Waals surface area contributed by atoms with Crippen LogP contribution in [0.2, 0.25) is 10.0 Å².